The van der Waals surface area contributed by atoms with Gasteiger partial charge in [-0.1, -0.05) is 12.1 Å². The molecule has 0 spiro atoms. The van der Waals surface area contributed by atoms with Gasteiger partial charge in [0.25, 0.3) is 0 Å². The first-order chi connectivity index (χ1) is 9.04. The molecule has 0 fully saturated rings. The molecule has 3 nitrogen and oxygen atoms in total. The zero-order chi connectivity index (χ0) is 13.8. The lowest BCUT2D eigenvalue weighted by Gasteiger charge is -2.04. The molecule has 1 heterocycles. The van der Waals surface area contributed by atoms with E-state index in [1.165, 1.54) is 15.3 Å². The molecule has 19 heavy (non-hydrogen) atoms. The molecule has 0 aliphatic rings. The van der Waals surface area contributed by atoms with Crippen LogP contribution in [0.3, 0.4) is 0 Å². The molecule has 0 saturated heterocycles. The van der Waals surface area contributed by atoms with Crippen molar-refractivity contribution in [3.63, 3.8) is 0 Å². The monoisotopic (exact) mass is 275 g/mol. The summed E-state index contributed by atoms with van der Waals surface area (Å²) in [6.45, 7) is 4.72. The van der Waals surface area contributed by atoms with Gasteiger partial charge in [0, 0.05) is 9.75 Å². The maximum atomic E-state index is 11.8. The zero-order valence-electron chi connectivity index (χ0n) is 11.1. The summed E-state index contributed by atoms with van der Waals surface area (Å²) in [5.41, 5.74) is 2.08. The van der Waals surface area contributed by atoms with E-state index in [1.807, 2.05) is 6.07 Å². The fourth-order valence-electron chi connectivity index (χ4n) is 1.84. The molecule has 2 aromatic rings. The Bertz CT molecular complexity index is 570. The molecular formula is C15H17NO2S. The minimum atomic E-state index is -0.0330. The number of phenols is 1. The number of amides is 1. The Morgan fingerprint density at radius 3 is 2.74 bits per heavy atom. The highest BCUT2D eigenvalue weighted by molar-refractivity contribution is 7.12. The summed E-state index contributed by atoms with van der Waals surface area (Å²) in [5.74, 6) is 0.157. The summed E-state index contributed by atoms with van der Waals surface area (Å²) < 4.78 is 0. The van der Waals surface area contributed by atoms with Crippen molar-refractivity contribution in [2.45, 2.75) is 26.8 Å². The van der Waals surface area contributed by atoms with E-state index in [2.05, 4.69) is 25.2 Å². The van der Waals surface area contributed by atoms with Crippen LogP contribution in [0.1, 0.15) is 20.9 Å². The summed E-state index contributed by atoms with van der Waals surface area (Å²) in [7, 11) is 0. The first-order valence-electron chi connectivity index (χ1n) is 6.15. The standard InChI is InChI=1S/C15H17NO2S/c1-10-6-14(19-11(10)2)9-16-15(18)8-12-4-3-5-13(17)7-12/h3-7,17H,8-9H2,1-2H3,(H,16,18). The lowest BCUT2D eigenvalue weighted by molar-refractivity contribution is -0.120. The van der Waals surface area contributed by atoms with Crippen molar-refractivity contribution < 1.29 is 9.90 Å². The lowest BCUT2D eigenvalue weighted by Crippen LogP contribution is -2.24. The summed E-state index contributed by atoms with van der Waals surface area (Å²) in [6, 6.07) is 8.88. The van der Waals surface area contributed by atoms with Crippen LogP contribution in [0.15, 0.2) is 30.3 Å². The van der Waals surface area contributed by atoms with Gasteiger partial charge in [-0.2, -0.15) is 0 Å². The Labute approximate surface area is 116 Å². The van der Waals surface area contributed by atoms with Gasteiger partial charge in [-0.25, -0.2) is 0 Å². The third-order valence-electron chi connectivity index (χ3n) is 2.95. The fraction of sp³-hybridized carbons (Fsp3) is 0.267. The largest absolute Gasteiger partial charge is 0.508 e. The molecule has 0 aliphatic heterocycles. The van der Waals surface area contributed by atoms with Gasteiger partial charge in [0.2, 0.25) is 5.91 Å². The van der Waals surface area contributed by atoms with E-state index in [9.17, 15) is 9.90 Å². The van der Waals surface area contributed by atoms with Crippen molar-refractivity contribution in [2.24, 2.45) is 0 Å². The molecule has 2 N–H and O–H groups in total. The van der Waals surface area contributed by atoms with Crippen LogP contribution < -0.4 is 5.32 Å². The van der Waals surface area contributed by atoms with Gasteiger partial charge in [0.15, 0.2) is 0 Å². The van der Waals surface area contributed by atoms with Crippen molar-refractivity contribution in [3.8, 4) is 5.75 Å². The molecule has 0 atom stereocenters. The van der Waals surface area contributed by atoms with E-state index in [4.69, 9.17) is 0 Å². The number of carbonyl (C=O) groups excluding carboxylic acids is 1. The number of nitrogens with one attached hydrogen (secondary N) is 1. The van der Waals surface area contributed by atoms with E-state index >= 15 is 0 Å². The highest BCUT2D eigenvalue weighted by Gasteiger charge is 2.06. The van der Waals surface area contributed by atoms with Gasteiger partial charge in [0.1, 0.15) is 5.75 Å². The number of aryl methyl sites for hydroxylation is 2. The number of hydrogen-bond acceptors (Lipinski definition) is 3. The average molecular weight is 275 g/mol. The second-order valence-corrected chi connectivity index (χ2v) is 5.92. The molecule has 2 rings (SSSR count). The summed E-state index contributed by atoms with van der Waals surface area (Å²) in [6.07, 6.45) is 0.289. The first-order valence-corrected chi connectivity index (χ1v) is 6.97. The molecule has 1 aromatic heterocycles. The summed E-state index contributed by atoms with van der Waals surface area (Å²) in [5, 5.41) is 12.2. The first kappa shape index (κ1) is 13.6. The molecular weight excluding hydrogens is 258 g/mol. The molecule has 4 heteroatoms. The Morgan fingerprint density at radius 1 is 1.32 bits per heavy atom. The van der Waals surface area contributed by atoms with Crippen LogP contribution in [0.25, 0.3) is 0 Å². The lowest BCUT2D eigenvalue weighted by atomic mass is 10.1. The Hall–Kier alpha value is -1.81. The van der Waals surface area contributed by atoms with Crippen LogP contribution in [0.4, 0.5) is 0 Å². The van der Waals surface area contributed by atoms with Crippen molar-refractivity contribution >= 4 is 17.2 Å². The Kier molecular flexibility index (Phi) is 4.22. The number of benzene rings is 1. The van der Waals surface area contributed by atoms with Crippen LogP contribution in [-0.4, -0.2) is 11.0 Å². The number of aromatic hydroxyl groups is 1. The smallest absolute Gasteiger partial charge is 0.224 e. The van der Waals surface area contributed by atoms with E-state index in [-0.39, 0.29) is 18.1 Å². The molecule has 0 radical (unpaired) electrons. The van der Waals surface area contributed by atoms with E-state index in [1.54, 1.807) is 29.5 Å². The van der Waals surface area contributed by atoms with Crippen LogP contribution >= 0.6 is 11.3 Å². The average Bonchev–Trinajstić information content (AvgIpc) is 2.66. The molecule has 0 aliphatic carbocycles. The maximum Gasteiger partial charge on any atom is 0.224 e. The predicted octanol–water partition coefficient (Wildman–Crippen LogP) is 2.93. The Balaban J connectivity index is 1.88. The molecule has 0 saturated carbocycles. The van der Waals surface area contributed by atoms with Gasteiger partial charge in [-0.3, -0.25) is 4.79 Å². The second-order valence-electron chi connectivity index (χ2n) is 4.58. The van der Waals surface area contributed by atoms with Gasteiger partial charge in [-0.05, 0) is 43.2 Å². The third kappa shape index (κ3) is 3.83. The minimum Gasteiger partial charge on any atom is -0.508 e. The van der Waals surface area contributed by atoms with Gasteiger partial charge in [-0.15, -0.1) is 11.3 Å². The van der Waals surface area contributed by atoms with Gasteiger partial charge in [0.05, 0.1) is 13.0 Å². The van der Waals surface area contributed by atoms with Crippen molar-refractivity contribution in [3.05, 3.63) is 51.2 Å². The molecule has 0 unspecified atom stereocenters. The van der Waals surface area contributed by atoms with Crippen LogP contribution in [0.2, 0.25) is 0 Å². The fourth-order valence-corrected chi connectivity index (χ4v) is 2.83. The van der Waals surface area contributed by atoms with E-state index < -0.39 is 0 Å². The van der Waals surface area contributed by atoms with Crippen LogP contribution in [0.5, 0.6) is 5.75 Å². The van der Waals surface area contributed by atoms with Gasteiger partial charge < -0.3 is 10.4 Å². The molecule has 1 aromatic carbocycles. The molecule has 100 valence electrons. The van der Waals surface area contributed by atoms with E-state index in [0.717, 1.165) is 5.56 Å². The Morgan fingerprint density at radius 2 is 2.11 bits per heavy atom. The molecule has 1 amide bonds. The van der Waals surface area contributed by atoms with E-state index in [0.29, 0.717) is 6.54 Å². The zero-order valence-corrected chi connectivity index (χ0v) is 11.9. The highest BCUT2D eigenvalue weighted by atomic mass is 32.1. The highest BCUT2D eigenvalue weighted by Crippen LogP contribution is 2.20. The van der Waals surface area contributed by atoms with Gasteiger partial charge >= 0.3 is 0 Å². The normalized spacial score (nSPS) is 10.4. The van der Waals surface area contributed by atoms with Crippen LogP contribution in [-0.2, 0) is 17.8 Å². The maximum absolute atomic E-state index is 11.8. The summed E-state index contributed by atoms with van der Waals surface area (Å²) in [4.78, 5) is 14.3. The minimum absolute atomic E-state index is 0.0330. The van der Waals surface area contributed by atoms with Crippen molar-refractivity contribution in [2.75, 3.05) is 0 Å². The quantitative estimate of drug-likeness (QED) is 0.901. The van der Waals surface area contributed by atoms with Crippen molar-refractivity contribution in [1.82, 2.24) is 5.32 Å². The van der Waals surface area contributed by atoms with Crippen molar-refractivity contribution in [1.29, 1.82) is 0 Å². The third-order valence-corrected chi connectivity index (χ3v) is 4.10. The number of rotatable bonds is 4. The topological polar surface area (TPSA) is 49.3 Å². The second kappa shape index (κ2) is 5.89. The van der Waals surface area contributed by atoms with Crippen LogP contribution in [0, 0.1) is 13.8 Å². The molecule has 0 bridgehead atoms. The summed E-state index contributed by atoms with van der Waals surface area (Å²) >= 11 is 1.71. The number of hydrogen-bond donors (Lipinski definition) is 2. The predicted molar refractivity (Wildman–Crippen MR) is 77.5 cm³/mol. The SMILES string of the molecule is Cc1cc(CNC(=O)Cc2cccc(O)c2)sc1C. The number of phenolic OH excluding ortho intramolecular Hbond substituents is 1. The number of thiophene rings is 1. The number of carbonyl (C=O) groups is 1.